The van der Waals surface area contributed by atoms with Gasteiger partial charge in [0.05, 0.1) is 0 Å². The van der Waals surface area contributed by atoms with E-state index in [0.717, 1.165) is 10.6 Å². The van der Waals surface area contributed by atoms with Crippen LogP contribution in [0.4, 0.5) is 0 Å². The molecule has 0 saturated carbocycles. The summed E-state index contributed by atoms with van der Waals surface area (Å²) >= 11 is 5.68. The van der Waals surface area contributed by atoms with Crippen molar-refractivity contribution in [1.82, 2.24) is 0 Å². The molecule has 0 spiro atoms. The summed E-state index contributed by atoms with van der Waals surface area (Å²) in [7, 11) is 0. The van der Waals surface area contributed by atoms with Crippen molar-refractivity contribution in [3.63, 3.8) is 0 Å². The van der Waals surface area contributed by atoms with Gasteiger partial charge in [-0.15, -0.1) is 24.0 Å². The Morgan fingerprint density at radius 3 is 2.09 bits per heavy atom. The predicted octanol–water partition coefficient (Wildman–Crippen LogP) is 2.98. The standard InChI is InChI=1S/C8H10ClN.HI/c1-6(10)7-2-4-8(9)5-3-7;/h2-6H,10H2,1H3;1H. The summed E-state index contributed by atoms with van der Waals surface area (Å²) in [6, 6.07) is 7.66. The lowest BCUT2D eigenvalue weighted by molar-refractivity contribution is 0.818. The molecule has 3 heteroatoms. The minimum absolute atomic E-state index is 0. The zero-order valence-electron chi connectivity index (χ0n) is 6.25. The molecule has 1 nitrogen and oxygen atoms in total. The summed E-state index contributed by atoms with van der Waals surface area (Å²) in [5, 5.41) is 0.754. The van der Waals surface area contributed by atoms with E-state index >= 15 is 0 Å². The van der Waals surface area contributed by atoms with Gasteiger partial charge in [0, 0.05) is 11.1 Å². The smallest absolute Gasteiger partial charge is 0.0406 e. The Hall–Kier alpha value is 0.200. The molecule has 0 radical (unpaired) electrons. The Bertz CT molecular complexity index is 208. The third-order valence-corrected chi connectivity index (χ3v) is 1.65. The number of rotatable bonds is 1. The first-order valence-corrected chi connectivity index (χ1v) is 3.59. The van der Waals surface area contributed by atoms with E-state index in [1.54, 1.807) is 0 Å². The van der Waals surface area contributed by atoms with Crippen molar-refractivity contribution in [3.8, 4) is 0 Å². The highest BCUT2D eigenvalue weighted by Gasteiger charge is 1.96. The number of hydrogen-bond acceptors (Lipinski definition) is 1. The Morgan fingerprint density at radius 1 is 1.27 bits per heavy atom. The van der Waals surface area contributed by atoms with Gasteiger partial charge in [0.15, 0.2) is 0 Å². The number of halogens is 2. The van der Waals surface area contributed by atoms with Gasteiger partial charge in [-0.3, -0.25) is 0 Å². The molecule has 0 saturated heterocycles. The SMILES string of the molecule is CC(N)c1ccc(Cl)cc1.I. The maximum absolute atomic E-state index is 5.68. The molecule has 0 aliphatic heterocycles. The molecule has 1 aromatic carbocycles. The highest BCUT2D eigenvalue weighted by molar-refractivity contribution is 14.0. The predicted molar refractivity (Wildman–Crippen MR) is 59.5 cm³/mol. The van der Waals surface area contributed by atoms with Crippen LogP contribution in [-0.4, -0.2) is 0 Å². The first-order valence-electron chi connectivity index (χ1n) is 3.21. The Balaban J connectivity index is 0.000001000. The Kier molecular flexibility index (Phi) is 5.04. The number of hydrogen-bond donors (Lipinski definition) is 1. The molecular formula is C8H11ClIN. The zero-order chi connectivity index (χ0) is 7.56. The highest BCUT2D eigenvalue weighted by Crippen LogP contribution is 2.13. The minimum atomic E-state index is 0. The highest BCUT2D eigenvalue weighted by atomic mass is 127. The summed E-state index contributed by atoms with van der Waals surface area (Å²) in [5.74, 6) is 0. The first kappa shape index (κ1) is 11.2. The Labute approximate surface area is 88.9 Å². The first-order chi connectivity index (χ1) is 4.70. The lowest BCUT2D eigenvalue weighted by Gasteiger charge is -2.03. The summed E-state index contributed by atoms with van der Waals surface area (Å²) in [6.07, 6.45) is 0. The maximum atomic E-state index is 5.68. The van der Waals surface area contributed by atoms with E-state index in [-0.39, 0.29) is 30.0 Å². The third kappa shape index (κ3) is 3.40. The number of benzene rings is 1. The molecule has 62 valence electrons. The van der Waals surface area contributed by atoms with Gasteiger partial charge in [0.1, 0.15) is 0 Å². The quantitative estimate of drug-likeness (QED) is 0.788. The second-order valence-corrected chi connectivity index (χ2v) is 2.78. The largest absolute Gasteiger partial charge is 0.324 e. The second-order valence-electron chi connectivity index (χ2n) is 2.34. The van der Waals surface area contributed by atoms with Crippen LogP contribution in [0.5, 0.6) is 0 Å². The minimum Gasteiger partial charge on any atom is -0.324 e. The molecule has 0 aliphatic rings. The van der Waals surface area contributed by atoms with Crippen molar-refractivity contribution in [3.05, 3.63) is 34.9 Å². The summed E-state index contributed by atoms with van der Waals surface area (Å²) in [6.45, 7) is 1.95. The van der Waals surface area contributed by atoms with Gasteiger partial charge in [-0.25, -0.2) is 0 Å². The van der Waals surface area contributed by atoms with Crippen molar-refractivity contribution < 1.29 is 0 Å². The average molecular weight is 284 g/mol. The molecular weight excluding hydrogens is 272 g/mol. The van der Waals surface area contributed by atoms with Crippen LogP contribution >= 0.6 is 35.6 Å². The van der Waals surface area contributed by atoms with E-state index in [1.165, 1.54) is 0 Å². The van der Waals surface area contributed by atoms with Crippen molar-refractivity contribution in [2.45, 2.75) is 13.0 Å². The lowest BCUT2D eigenvalue weighted by atomic mass is 10.1. The van der Waals surface area contributed by atoms with Crippen LogP contribution in [0, 0.1) is 0 Å². The fourth-order valence-corrected chi connectivity index (χ4v) is 0.892. The summed E-state index contributed by atoms with van der Waals surface area (Å²) < 4.78 is 0. The van der Waals surface area contributed by atoms with Crippen LogP contribution in [0.2, 0.25) is 5.02 Å². The molecule has 0 bridgehead atoms. The van der Waals surface area contributed by atoms with Gasteiger partial charge < -0.3 is 5.73 Å². The van der Waals surface area contributed by atoms with E-state index in [0.29, 0.717) is 0 Å². The molecule has 11 heavy (non-hydrogen) atoms. The van der Waals surface area contributed by atoms with Crippen molar-refractivity contribution >= 4 is 35.6 Å². The molecule has 1 rings (SSSR count). The van der Waals surface area contributed by atoms with E-state index in [4.69, 9.17) is 17.3 Å². The van der Waals surface area contributed by atoms with E-state index in [2.05, 4.69) is 0 Å². The maximum Gasteiger partial charge on any atom is 0.0406 e. The van der Waals surface area contributed by atoms with Gasteiger partial charge >= 0.3 is 0 Å². The molecule has 0 fully saturated rings. The van der Waals surface area contributed by atoms with Crippen molar-refractivity contribution in [2.75, 3.05) is 0 Å². The average Bonchev–Trinajstić information content (AvgIpc) is 1.88. The molecule has 2 N–H and O–H groups in total. The van der Waals surface area contributed by atoms with E-state index < -0.39 is 0 Å². The molecule has 1 atom stereocenters. The monoisotopic (exact) mass is 283 g/mol. The summed E-state index contributed by atoms with van der Waals surface area (Å²) in [5.41, 5.74) is 6.74. The van der Waals surface area contributed by atoms with Crippen LogP contribution < -0.4 is 5.73 Å². The van der Waals surface area contributed by atoms with Gasteiger partial charge in [-0.2, -0.15) is 0 Å². The second kappa shape index (κ2) is 4.95. The fourth-order valence-electron chi connectivity index (χ4n) is 0.766. The van der Waals surface area contributed by atoms with Crippen LogP contribution in [0.25, 0.3) is 0 Å². The van der Waals surface area contributed by atoms with Gasteiger partial charge in [-0.1, -0.05) is 23.7 Å². The van der Waals surface area contributed by atoms with Crippen LogP contribution in [-0.2, 0) is 0 Å². The molecule has 0 heterocycles. The fraction of sp³-hybridized carbons (Fsp3) is 0.250. The van der Waals surface area contributed by atoms with Crippen molar-refractivity contribution in [2.24, 2.45) is 5.73 Å². The van der Waals surface area contributed by atoms with E-state index in [9.17, 15) is 0 Å². The van der Waals surface area contributed by atoms with Crippen molar-refractivity contribution in [1.29, 1.82) is 0 Å². The van der Waals surface area contributed by atoms with Gasteiger partial charge in [0.2, 0.25) is 0 Å². The number of nitrogens with two attached hydrogens (primary N) is 1. The molecule has 0 aliphatic carbocycles. The lowest BCUT2D eigenvalue weighted by Crippen LogP contribution is -2.03. The topological polar surface area (TPSA) is 26.0 Å². The van der Waals surface area contributed by atoms with Gasteiger partial charge in [-0.05, 0) is 24.6 Å². The molecule has 0 amide bonds. The third-order valence-electron chi connectivity index (χ3n) is 1.40. The zero-order valence-corrected chi connectivity index (χ0v) is 9.34. The molecule has 0 aromatic heterocycles. The van der Waals surface area contributed by atoms with Crippen LogP contribution in [0.1, 0.15) is 18.5 Å². The van der Waals surface area contributed by atoms with E-state index in [1.807, 2.05) is 31.2 Å². The van der Waals surface area contributed by atoms with Crippen LogP contribution in [0.15, 0.2) is 24.3 Å². The Morgan fingerprint density at radius 2 is 1.73 bits per heavy atom. The van der Waals surface area contributed by atoms with Crippen LogP contribution in [0.3, 0.4) is 0 Å². The molecule has 1 aromatic rings. The normalized spacial score (nSPS) is 11.9. The molecule has 1 unspecified atom stereocenters. The summed E-state index contributed by atoms with van der Waals surface area (Å²) in [4.78, 5) is 0. The van der Waals surface area contributed by atoms with Gasteiger partial charge in [0.25, 0.3) is 0 Å².